The number of hydrogen-bond donors (Lipinski definition) is 1. The molecule has 1 aliphatic carbocycles. The van der Waals surface area contributed by atoms with Gasteiger partial charge in [-0.15, -0.1) is 0 Å². The average molecular weight is 372 g/mol. The molecule has 0 bridgehead atoms. The Balaban J connectivity index is 1.78. The van der Waals surface area contributed by atoms with Gasteiger partial charge in [-0.05, 0) is 36.3 Å². The van der Waals surface area contributed by atoms with Crippen molar-refractivity contribution in [2.24, 2.45) is 10.9 Å². The number of aliphatic imine (C=N–C) groups is 1. The van der Waals surface area contributed by atoms with Gasteiger partial charge in [0.1, 0.15) is 12.0 Å². The van der Waals surface area contributed by atoms with Crippen molar-refractivity contribution >= 4 is 35.0 Å². The van der Waals surface area contributed by atoms with Crippen LogP contribution in [0.3, 0.4) is 0 Å². The van der Waals surface area contributed by atoms with Crippen molar-refractivity contribution in [3.63, 3.8) is 0 Å². The van der Waals surface area contributed by atoms with Crippen LogP contribution in [0.5, 0.6) is 0 Å². The van der Waals surface area contributed by atoms with E-state index in [0.717, 1.165) is 22.3 Å². The van der Waals surface area contributed by atoms with E-state index in [9.17, 15) is 9.59 Å². The standard InChI is InChI=1S/C23H20N2O3/c1-14-7-10-17(11-8-14)25-23-20(22(27)24-15(2)26)13-19-18-6-4-3-5-16(18)9-12-21(19)28-23/h3-13,20-21H,1-2H3,(H,24,26,27). The predicted molar refractivity (Wildman–Crippen MR) is 109 cm³/mol. The van der Waals surface area contributed by atoms with Crippen LogP contribution in [-0.2, 0) is 14.3 Å². The van der Waals surface area contributed by atoms with Crippen LogP contribution in [0.25, 0.3) is 11.6 Å². The highest BCUT2D eigenvalue weighted by atomic mass is 16.5. The van der Waals surface area contributed by atoms with E-state index in [-0.39, 0.29) is 12.0 Å². The SMILES string of the molecule is CC(=O)NC(=O)C1C=C2c3ccccc3C=CC2OC1=Nc1ccc(C)cc1. The fourth-order valence-electron chi connectivity index (χ4n) is 3.38. The van der Waals surface area contributed by atoms with E-state index in [1.165, 1.54) is 6.92 Å². The maximum absolute atomic E-state index is 12.7. The molecule has 2 amide bonds. The van der Waals surface area contributed by atoms with E-state index >= 15 is 0 Å². The highest BCUT2D eigenvalue weighted by Gasteiger charge is 2.35. The molecule has 2 aliphatic rings. The van der Waals surface area contributed by atoms with Crippen LogP contribution in [0.2, 0.25) is 0 Å². The third kappa shape index (κ3) is 3.51. The molecular formula is C23H20N2O3. The molecule has 140 valence electrons. The third-order valence-electron chi connectivity index (χ3n) is 4.74. The molecule has 0 fully saturated rings. The molecule has 5 nitrogen and oxygen atoms in total. The zero-order valence-electron chi connectivity index (χ0n) is 15.7. The Morgan fingerprint density at radius 3 is 2.57 bits per heavy atom. The maximum Gasteiger partial charge on any atom is 0.242 e. The molecule has 0 saturated heterocycles. The molecule has 2 atom stereocenters. The first-order chi connectivity index (χ1) is 13.5. The molecule has 1 aliphatic heterocycles. The van der Waals surface area contributed by atoms with Crippen LogP contribution in [0.15, 0.2) is 65.7 Å². The lowest BCUT2D eigenvalue weighted by Gasteiger charge is -2.31. The Morgan fingerprint density at radius 2 is 1.82 bits per heavy atom. The molecule has 2 aromatic carbocycles. The number of nitrogens with one attached hydrogen (secondary N) is 1. The number of carbonyl (C=O) groups excluding carboxylic acids is 2. The number of carbonyl (C=O) groups is 2. The molecule has 5 heteroatoms. The molecule has 0 aromatic heterocycles. The summed E-state index contributed by atoms with van der Waals surface area (Å²) in [5, 5.41) is 2.36. The number of ether oxygens (including phenoxy) is 1. The highest BCUT2D eigenvalue weighted by Crippen LogP contribution is 2.36. The van der Waals surface area contributed by atoms with Gasteiger partial charge >= 0.3 is 0 Å². The van der Waals surface area contributed by atoms with Gasteiger partial charge < -0.3 is 4.74 Å². The van der Waals surface area contributed by atoms with Crippen LogP contribution in [0, 0.1) is 12.8 Å². The number of benzene rings is 2. The number of amides is 2. The van der Waals surface area contributed by atoms with E-state index in [2.05, 4.69) is 10.3 Å². The second kappa shape index (κ2) is 7.27. The molecule has 0 saturated carbocycles. The van der Waals surface area contributed by atoms with Gasteiger partial charge in [-0.25, -0.2) is 4.99 Å². The zero-order valence-corrected chi connectivity index (χ0v) is 15.7. The summed E-state index contributed by atoms with van der Waals surface area (Å²) in [5.74, 6) is -1.36. The minimum atomic E-state index is -0.781. The van der Waals surface area contributed by atoms with E-state index in [1.807, 2.05) is 73.7 Å². The molecule has 28 heavy (non-hydrogen) atoms. The molecule has 0 spiro atoms. The summed E-state index contributed by atoms with van der Waals surface area (Å²) in [4.78, 5) is 28.7. The number of hydrogen-bond acceptors (Lipinski definition) is 4. The van der Waals surface area contributed by atoms with Crippen molar-refractivity contribution in [2.45, 2.75) is 20.0 Å². The van der Waals surface area contributed by atoms with Crippen LogP contribution < -0.4 is 5.32 Å². The van der Waals surface area contributed by atoms with E-state index in [0.29, 0.717) is 5.69 Å². The van der Waals surface area contributed by atoms with E-state index in [1.54, 1.807) is 0 Å². The van der Waals surface area contributed by atoms with E-state index < -0.39 is 17.7 Å². The summed E-state index contributed by atoms with van der Waals surface area (Å²) >= 11 is 0. The Kier molecular flexibility index (Phi) is 4.65. The van der Waals surface area contributed by atoms with Crippen molar-refractivity contribution in [2.75, 3.05) is 0 Å². The minimum absolute atomic E-state index is 0.278. The maximum atomic E-state index is 12.7. The van der Waals surface area contributed by atoms with Gasteiger partial charge in [0.2, 0.25) is 17.7 Å². The highest BCUT2D eigenvalue weighted by molar-refractivity contribution is 6.10. The minimum Gasteiger partial charge on any atom is -0.467 e. The average Bonchev–Trinajstić information content (AvgIpc) is 2.68. The monoisotopic (exact) mass is 372 g/mol. The first-order valence-corrected chi connectivity index (χ1v) is 9.14. The molecule has 4 rings (SSSR count). The van der Waals surface area contributed by atoms with Crippen LogP contribution in [-0.4, -0.2) is 23.8 Å². The van der Waals surface area contributed by atoms with Gasteiger partial charge in [0.05, 0.1) is 5.69 Å². The summed E-state index contributed by atoms with van der Waals surface area (Å²) in [6, 6.07) is 15.6. The lowest BCUT2D eigenvalue weighted by atomic mass is 9.86. The molecule has 1 N–H and O–H groups in total. The topological polar surface area (TPSA) is 67.8 Å². The van der Waals surface area contributed by atoms with Crippen molar-refractivity contribution in [3.05, 3.63) is 77.4 Å². The Labute approximate surface area is 163 Å². The lowest BCUT2D eigenvalue weighted by Crippen LogP contribution is -2.41. The van der Waals surface area contributed by atoms with Crippen molar-refractivity contribution < 1.29 is 14.3 Å². The number of rotatable bonds is 2. The first kappa shape index (κ1) is 17.9. The van der Waals surface area contributed by atoms with Crippen LogP contribution in [0.1, 0.15) is 23.6 Å². The molecule has 2 unspecified atom stereocenters. The number of aryl methyl sites for hydroxylation is 1. The van der Waals surface area contributed by atoms with Gasteiger partial charge in [-0.1, -0.05) is 54.1 Å². The van der Waals surface area contributed by atoms with E-state index in [4.69, 9.17) is 4.74 Å². The Bertz CT molecular complexity index is 1030. The summed E-state index contributed by atoms with van der Waals surface area (Å²) in [6.07, 6.45) is 5.50. The second-order valence-electron chi connectivity index (χ2n) is 6.92. The quantitative estimate of drug-likeness (QED) is 0.872. The summed E-state index contributed by atoms with van der Waals surface area (Å²) in [7, 11) is 0. The van der Waals surface area contributed by atoms with Gasteiger partial charge in [-0.3, -0.25) is 14.9 Å². The summed E-state index contributed by atoms with van der Waals surface area (Å²) in [5.41, 5.74) is 4.81. The van der Waals surface area contributed by atoms with Crippen LogP contribution >= 0.6 is 0 Å². The second-order valence-corrected chi connectivity index (χ2v) is 6.92. The molecular weight excluding hydrogens is 352 g/mol. The number of imide groups is 1. The fourth-order valence-corrected chi connectivity index (χ4v) is 3.38. The molecule has 0 radical (unpaired) electrons. The molecule has 2 aromatic rings. The van der Waals surface area contributed by atoms with Gasteiger partial charge in [0, 0.05) is 12.5 Å². The zero-order chi connectivity index (χ0) is 19.7. The van der Waals surface area contributed by atoms with Crippen molar-refractivity contribution in [3.8, 4) is 0 Å². The fraction of sp³-hybridized carbons (Fsp3) is 0.174. The van der Waals surface area contributed by atoms with Crippen molar-refractivity contribution in [1.29, 1.82) is 0 Å². The van der Waals surface area contributed by atoms with Gasteiger partial charge in [-0.2, -0.15) is 0 Å². The summed E-state index contributed by atoms with van der Waals surface area (Å²) < 4.78 is 6.12. The normalized spacial score (nSPS) is 21.2. The van der Waals surface area contributed by atoms with Gasteiger partial charge in [0.15, 0.2) is 0 Å². The molecule has 1 heterocycles. The lowest BCUT2D eigenvalue weighted by molar-refractivity contribution is -0.130. The van der Waals surface area contributed by atoms with Gasteiger partial charge in [0.25, 0.3) is 0 Å². The van der Waals surface area contributed by atoms with Crippen LogP contribution in [0.4, 0.5) is 5.69 Å². The summed E-state index contributed by atoms with van der Waals surface area (Å²) in [6.45, 7) is 3.31. The first-order valence-electron chi connectivity index (χ1n) is 9.14. The Hall–Kier alpha value is -3.47. The largest absolute Gasteiger partial charge is 0.467 e. The number of fused-ring (bicyclic) bond motifs is 3. The predicted octanol–water partition coefficient (Wildman–Crippen LogP) is 3.81. The third-order valence-corrected chi connectivity index (χ3v) is 4.74. The smallest absolute Gasteiger partial charge is 0.242 e. The van der Waals surface area contributed by atoms with Crippen molar-refractivity contribution in [1.82, 2.24) is 5.32 Å². The number of nitrogens with zero attached hydrogens (tertiary/aromatic N) is 1. The Morgan fingerprint density at radius 1 is 1.07 bits per heavy atom.